The molecule has 0 saturated carbocycles. The van der Waals surface area contributed by atoms with E-state index in [0.29, 0.717) is 32.7 Å². The number of nitrogens with zero attached hydrogens (tertiary/aromatic N) is 4. The van der Waals surface area contributed by atoms with E-state index < -0.39 is 6.10 Å². The van der Waals surface area contributed by atoms with Crippen molar-refractivity contribution >= 4 is 5.91 Å². The summed E-state index contributed by atoms with van der Waals surface area (Å²) in [6.45, 7) is 3.09. The second-order valence-electron chi connectivity index (χ2n) is 6.20. The summed E-state index contributed by atoms with van der Waals surface area (Å²) in [5.41, 5.74) is 0.937. The summed E-state index contributed by atoms with van der Waals surface area (Å²) in [6, 6.07) is 12.4. The molecule has 0 unspecified atom stereocenters. The quantitative estimate of drug-likeness (QED) is 0.863. The first-order valence-corrected chi connectivity index (χ1v) is 8.33. The minimum absolute atomic E-state index is 0.168. The van der Waals surface area contributed by atoms with Crippen LogP contribution in [0.3, 0.4) is 0 Å². The van der Waals surface area contributed by atoms with Gasteiger partial charge in [0.25, 0.3) is 11.5 Å². The van der Waals surface area contributed by atoms with Crippen LogP contribution < -0.4 is 5.56 Å². The van der Waals surface area contributed by atoms with E-state index in [2.05, 4.69) is 10.00 Å². The lowest BCUT2D eigenvalue weighted by Gasteiger charge is -2.35. The van der Waals surface area contributed by atoms with Crippen LogP contribution in [0.1, 0.15) is 22.2 Å². The lowest BCUT2D eigenvalue weighted by Crippen LogP contribution is -2.49. The molecule has 1 fully saturated rings. The molecular formula is C18H22N4O3. The number of aliphatic hydroxyl groups is 1. The Bertz CT molecular complexity index is 782. The van der Waals surface area contributed by atoms with Gasteiger partial charge in [0.05, 0.1) is 6.10 Å². The van der Waals surface area contributed by atoms with E-state index in [1.54, 1.807) is 4.90 Å². The maximum atomic E-state index is 12.5. The van der Waals surface area contributed by atoms with Crippen molar-refractivity contribution in [2.24, 2.45) is 7.05 Å². The van der Waals surface area contributed by atoms with Crippen molar-refractivity contribution in [2.75, 3.05) is 32.7 Å². The molecule has 1 aromatic heterocycles. The van der Waals surface area contributed by atoms with Gasteiger partial charge in [0.2, 0.25) is 0 Å². The van der Waals surface area contributed by atoms with E-state index in [-0.39, 0.29) is 17.2 Å². The van der Waals surface area contributed by atoms with Gasteiger partial charge in [0, 0.05) is 45.8 Å². The fraction of sp³-hybridized carbons (Fsp3) is 0.389. The SMILES string of the molecule is Cn1nc(C(=O)N2CCN(C[C@@H](O)c3ccccc3)CC2)ccc1=O. The zero-order valence-electron chi connectivity index (χ0n) is 14.2. The maximum absolute atomic E-state index is 12.5. The molecule has 25 heavy (non-hydrogen) atoms. The summed E-state index contributed by atoms with van der Waals surface area (Å²) in [7, 11) is 1.53. The van der Waals surface area contributed by atoms with Crippen molar-refractivity contribution in [3.63, 3.8) is 0 Å². The summed E-state index contributed by atoms with van der Waals surface area (Å²) < 4.78 is 1.17. The van der Waals surface area contributed by atoms with Gasteiger partial charge in [0.1, 0.15) is 5.69 Å². The first-order chi connectivity index (χ1) is 12.0. The number of aryl methyl sites for hydroxylation is 1. The highest BCUT2D eigenvalue weighted by Gasteiger charge is 2.24. The Balaban J connectivity index is 1.55. The molecule has 1 atom stereocenters. The molecule has 1 N–H and O–H groups in total. The van der Waals surface area contributed by atoms with Crippen LogP contribution in [0, 0.1) is 0 Å². The summed E-state index contributed by atoms with van der Waals surface area (Å²) in [6.07, 6.45) is -0.534. The molecule has 1 aromatic carbocycles. The number of aromatic nitrogens is 2. The van der Waals surface area contributed by atoms with Crippen LogP contribution in [0.4, 0.5) is 0 Å². The highest BCUT2D eigenvalue weighted by Crippen LogP contribution is 2.15. The molecule has 1 saturated heterocycles. The predicted octanol–water partition coefficient (Wildman–Crippen LogP) is 0.272. The van der Waals surface area contributed by atoms with E-state index in [4.69, 9.17) is 0 Å². The van der Waals surface area contributed by atoms with Gasteiger partial charge in [-0.2, -0.15) is 5.10 Å². The van der Waals surface area contributed by atoms with E-state index in [1.165, 1.54) is 23.9 Å². The van der Waals surface area contributed by atoms with Crippen LogP contribution >= 0.6 is 0 Å². The van der Waals surface area contributed by atoms with Gasteiger partial charge in [-0.25, -0.2) is 4.68 Å². The Kier molecular flexibility index (Phi) is 5.25. The van der Waals surface area contributed by atoms with Crippen molar-refractivity contribution in [1.29, 1.82) is 0 Å². The zero-order valence-corrected chi connectivity index (χ0v) is 14.2. The Morgan fingerprint density at radius 3 is 2.44 bits per heavy atom. The number of piperazine rings is 1. The number of carbonyl (C=O) groups excluding carboxylic acids is 1. The number of β-amino-alcohol motifs (C(OH)–C–C–N with tert-alkyl or cyclic N) is 1. The highest BCUT2D eigenvalue weighted by molar-refractivity contribution is 5.92. The second kappa shape index (κ2) is 7.58. The van der Waals surface area contributed by atoms with Crippen LogP contribution in [-0.4, -0.2) is 63.3 Å². The van der Waals surface area contributed by atoms with Gasteiger partial charge < -0.3 is 10.0 Å². The van der Waals surface area contributed by atoms with Crippen molar-refractivity contribution in [3.8, 4) is 0 Å². The lowest BCUT2D eigenvalue weighted by molar-refractivity contribution is 0.0521. The third-order valence-electron chi connectivity index (χ3n) is 4.45. The molecule has 1 aliphatic heterocycles. The van der Waals surface area contributed by atoms with Gasteiger partial charge >= 0.3 is 0 Å². The largest absolute Gasteiger partial charge is 0.387 e. The number of rotatable bonds is 4. The number of hydrogen-bond donors (Lipinski definition) is 1. The van der Waals surface area contributed by atoms with Crippen LogP contribution in [0.25, 0.3) is 0 Å². The predicted molar refractivity (Wildman–Crippen MR) is 93.2 cm³/mol. The summed E-state index contributed by atoms with van der Waals surface area (Å²) in [5.74, 6) is -0.168. The maximum Gasteiger partial charge on any atom is 0.274 e. The van der Waals surface area contributed by atoms with Crippen LogP contribution in [0.2, 0.25) is 0 Å². The molecule has 0 aliphatic carbocycles. The number of benzene rings is 1. The molecule has 2 heterocycles. The molecule has 7 heteroatoms. The van der Waals surface area contributed by atoms with Gasteiger partial charge in [-0.05, 0) is 11.6 Å². The van der Waals surface area contributed by atoms with Gasteiger partial charge in [-0.3, -0.25) is 14.5 Å². The number of aliphatic hydroxyl groups excluding tert-OH is 1. The molecular weight excluding hydrogens is 320 g/mol. The zero-order chi connectivity index (χ0) is 17.8. The van der Waals surface area contributed by atoms with E-state index in [0.717, 1.165) is 5.56 Å². The average molecular weight is 342 g/mol. The van der Waals surface area contributed by atoms with Gasteiger partial charge in [0.15, 0.2) is 0 Å². The standard InChI is InChI=1S/C18H22N4O3/c1-20-17(24)8-7-15(19-20)18(25)22-11-9-21(10-12-22)13-16(23)14-5-3-2-4-6-14/h2-8,16,23H,9-13H2,1H3/t16-/m1/s1. The summed E-state index contributed by atoms with van der Waals surface area (Å²) in [5, 5.41) is 14.3. The van der Waals surface area contributed by atoms with E-state index in [9.17, 15) is 14.7 Å². The smallest absolute Gasteiger partial charge is 0.274 e. The monoisotopic (exact) mass is 342 g/mol. The van der Waals surface area contributed by atoms with Crippen molar-refractivity contribution in [1.82, 2.24) is 19.6 Å². The fourth-order valence-corrected chi connectivity index (χ4v) is 2.94. The van der Waals surface area contributed by atoms with Gasteiger partial charge in [-0.15, -0.1) is 0 Å². The lowest BCUT2D eigenvalue weighted by atomic mass is 10.1. The van der Waals surface area contributed by atoms with Crippen molar-refractivity contribution < 1.29 is 9.90 Å². The molecule has 0 bridgehead atoms. The summed E-state index contributed by atoms with van der Waals surface area (Å²) >= 11 is 0. The highest BCUT2D eigenvalue weighted by atomic mass is 16.3. The Morgan fingerprint density at radius 2 is 1.80 bits per heavy atom. The van der Waals surface area contributed by atoms with Crippen molar-refractivity contribution in [2.45, 2.75) is 6.10 Å². The van der Waals surface area contributed by atoms with E-state index >= 15 is 0 Å². The molecule has 3 rings (SSSR count). The third-order valence-corrected chi connectivity index (χ3v) is 4.45. The normalized spacial score (nSPS) is 16.6. The van der Waals surface area contributed by atoms with Crippen LogP contribution in [0.15, 0.2) is 47.3 Å². The van der Waals surface area contributed by atoms with Crippen LogP contribution in [-0.2, 0) is 7.05 Å². The Morgan fingerprint density at radius 1 is 1.12 bits per heavy atom. The molecule has 0 radical (unpaired) electrons. The average Bonchev–Trinajstić information content (AvgIpc) is 2.65. The number of amides is 1. The van der Waals surface area contributed by atoms with E-state index in [1.807, 2.05) is 30.3 Å². The Hall–Kier alpha value is -2.51. The molecule has 1 aliphatic rings. The fourth-order valence-electron chi connectivity index (χ4n) is 2.94. The molecule has 7 nitrogen and oxygen atoms in total. The first-order valence-electron chi connectivity index (χ1n) is 8.33. The molecule has 1 amide bonds. The number of carbonyl (C=O) groups is 1. The number of hydrogen-bond acceptors (Lipinski definition) is 5. The first kappa shape index (κ1) is 17.3. The minimum Gasteiger partial charge on any atom is -0.387 e. The second-order valence-corrected chi connectivity index (χ2v) is 6.20. The van der Waals surface area contributed by atoms with Crippen molar-refractivity contribution in [3.05, 3.63) is 64.1 Å². The Labute approximate surface area is 146 Å². The van der Waals surface area contributed by atoms with Crippen LogP contribution in [0.5, 0.6) is 0 Å². The molecule has 132 valence electrons. The molecule has 0 spiro atoms. The third kappa shape index (κ3) is 4.12. The summed E-state index contributed by atoms with van der Waals surface area (Å²) in [4.78, 5) is 27.8. The van der Waals surface area contributed by atoms with Gasteiger partial charge in [-0.1, -0.05) is 30.3 Å². The minimum atomic E-state index is -0.534. The topological polar surface area (TPSA) is 78.7 Å². The molecule has 2 aromatic rings.